The molecule has 2 N–H and O–H groups in total. The summed E-state index contributed by atoms with van der Waals surface area (Å²) < 4.78 is 0. The van der Waals surface area contributed by atoms with E-state index in [2.05, 4.69) is 41.0 Å². The number of carbonyl (C=O) groups is 2. The summed E-state index contributed by atoms with van der Waals surface area (Å²) in [5.41, 5.74) is 5.06. The van der Waals surface area contributed by atoms with Gasteiger partial charge in [-0.2, -0.15) is 5.26 Å². The van der Waals surface area contributed by atoms with Gasteiger partial charge in [-0.25, -0.2) is 0 Å². The summed E-state index contributed by atoms with van der Waals surface area (Å²) in [5, 5.41) is 16.6. The van der Waals surface area contributed by atoms with Crippen LogP contribution in [0.3, 0.4) is 0 Å². The largest absolute Gasteiger partial charge is 0.361 e. The van der Waals surface area contributed by atoms with Crippen LogP contribution in [0.2, 0.25) is 0 Å². The Morgan fingerprint density at radius 1 is 0.788 bits per heavy atom. The Hall–Kier alpha value is -4.69. The highest BCUT2D eigenvalue weighted by molar-refractivity contribution is 6.31. The van der Waals surface area contributed by atoms with E-state index < -0.39 is 11.8 Å². The summed E-state index contributed by atoms with van der Waals surface area (Å²) in [5.74, 6) is -0.852. The maximum absolute atomic E-state index is 12.7. The first-order valence-corrected chi connectivity index (χ1v) is 10.5. The van der Waals surface area contributed by atoms with Crippen molar-refractivity contribution >= 4 is 33.8 Å². The molecule has 5 rings (SSSR count). The minimum absolute atomic E-state index is 0.344. The number of imide groups is 1. The number of nitriles is 1. The molecule has 5 nitrogen and oxygen atoms in total. The van der Waals surface area contributed by atoms with E-state index in [1.807, 2.05) is 54.6 Å². The first-order chi connectivity index (χ1) is 16.1. The van der Waals surface area contributed by atoms with Crippen LogP contribution in [0.5, 0.6) is 0 Å². The van der Waals surface area contributed by atoms with Gasteiger partial charge in [-0.3, -0.25) is 14.9 Å². The summed E-state index contributed by atoms with van der Waals surface area (Å²) in [7, 11) is 0. The fraction of sp³-hybridized carbons (Fsp3) is 0.0357. The third-order valence-electron chi connectivity index (χ3n) is 5.73. The summed E-state index contributed by atoms with van der Waals surface area (Å²) in [6, 6.07) is 29.4. The van der Waals surface area contributed by atoms with Crippen LogP contribution >= 0.6 is 0 Å². The number of rotatable bonds is 4. The Bertz CT molecular complexity index is 1480. The van der Waals surface area contributed by atoms with Gasteiger partial charge in [0, 0.05) is 23.0 Å². The molecule has 0 saturated carbocycles. The minimum Gasteiger partial charge on any atom is -0.361 e. The van der Waals surface area contributed by atoms with E-state index in [1.54, 1.807) is 12.3 Å². The highest BCUT2D eigenvalue weighted by Crippen LogP contribution is 2.31. The van der Waals surface area contributed by atoms with E-state index in [9.17, 15) is 9.59 Å². The molecule has 33 heavy (non-hydrogen) atoms. The smallest absolute Gasteiger partial charge is 0.260 e. The fourth-order valence-corrected chi connectivity index (χ4v) is 3.98. The van der Waals surface area contributed by atoms with Crippen LogP contribution in [0.1, 0.15) is 21.5 Å². The average Bonchev–Trinajstić information content (AvgIpc) is 2.84. The molecule has 158 valence electrons. The number of hydrogen-bond donors (Lipinski definition) is 2. The van der Waals surface area contributed by atoms with E-state index >= 15 is 0 Å². The maximum atomic E-state index is 12.7. The van der Waals surface area contributed by atoms with Gasteiger partial charge in [-0.05, 0) is 57.8 Å². The molecular formula is C28H19N3O2. The number of hydrogen-bond acceptors (Lipinski definition) is 4. The third kappa shape index (κ3) is 3.98. The predicted molar refractivity (Wildman–Crippen MR) is 129 cm³/mol. The van der Waals surface area contributed by atoms with Crippen molar-refractivity contribution in [3.63, 3.8) is 0 Å². The molecule has 1 heterocycles. The second kappa shape index (κ2) is 8.45. The number of carbonyl (C=O) groups excluding carboxylic acids is 2. The zero-order valence-corrected chi connectivity index (χ0v) is 17.6. The van der Waals surface area contributed by atoms with Crippen molar-refractivity contribution in [2.75, 3.05) is 5.32 Å². The topological polar surface area (TPSA) is 82.0 Å². The van der Waals surface area contributed by atoms with Gasteiger partial charge in [0.1, 0.15) is 0 Å². The van der Waals surface area contributed by atoms with Gasteiger partial charge in [-0.1, -0.05) is 54.6 Å². The lowest BCUT2D eigenvalue weighted by molar-refractivity contribution is -0.114. The van der Waals surface area contributed by atoms with Gasteiger partial charge in [0.2, 0.25) is 0 Å². The fourth-order valence-electron chi connectivity index (χ4n) is 3.98. The molecule has 2 amide bonds. The van der Waals surface area contributed by atoms with Crippen molar-refractivity contribution in [3.8, 4) is 17.2 Å². The van der Waals surface area contributed by atoms with Gasteiger partial charge < -0.3 is 5.32 Å². The summed E-state index contributed by atoms with van der Waals surface area (Å²) in [4.78, 5) is 25.1. The lowest BCUT2D eigenvalue weighted by atomic mass is 9.91. The van der Waals surface area contributed by atoms with Crippen molar-refractivity contribution in [3.05, 3.63) is 108 Å². The zero-order valence-electron chi connectivity index (χ0n) is 17.6. The van der Waals surface area contributed by atoms with E-state index in [0.717, 1.165) is 33.2 Å². The first-order valence-electron chi connectivity index (χ1n) is 10.5. The standard InChI is InChI=1S/C28H19N3O2/c29-14-13-18-5-10-23(11-6-18)30-17-26-25-16-22(9-12-24(25)27(32)31-28(26)33)21-8-7-19-3-1-2-4-20(19)15-21/h1-12,15-17,30H,13H2,(H,31,32,33). The Balaban J connectivity index is 1.52. The molecule has 0 radical (unpaired) electrons. The normalized spacial score (nSPS) is 14.0. The molecule has 0 spiro atoms. The Morgan fingerprint density at radius 3 is 2.30 bits per heavy atom. The maximum Gasteiger partial charge on any atom is 0.260 e. The van der Waals surface area contributed by atoms with Crippen LogP contribution in [0, 0.1) is 11.3 Å². The molecule has 0 aromatic heterocycles. The molecule has 4 aromatic rings. The van der Waals surface area contributed by atoms with Crippen LogP contribution in [-0.2, 0) is 11.2 Å². The van der Waals surface area contributed by atoms with Crippen LogP contribution in [-0.4, -0.2) is 11.8 Å². The zero-order chi connectivity index (χ0) is 22.8. The minimum atomic E-state index is -0.447. The molecule has 0 aliphatic carbocycles. The highest BCUT2D eigenvalue weighted by atomic mass is 16.2. The molecule has 1 aliphatic rings. The molecule has 0 atom stereocenters. The lowest BCUT2D eigenvalue weighted by Crippen LogP contribution is -2.36. The Labute approximate surface area is 191 Å². The second-order valence-electron chi connectivity index (χ2n) is 7.84. The molecule has 4 aromatic carbocycles. The summed E-state index contributed by atoms with van der Waals surface area (Å²) in [6.07, 6.45) is 1.96. The van der Waals surface area contributed by atoms with Gasteiger partial charge >= 0.3 is 0 Å². The summed E-state index contributed by atoms with van der Waals surface area (Å²) >= 11 is 0. The van der Waals surface area contributed by atoms with Crippen molar-refractivity contribution in [1.82, 2.24) is 5.32 Å². The van der Waals surface area contributed by atoms with Gasteiger partial charge in [0.15, 0.2) is 0 Å². The molecule has 0 unspecified atom stereocenters. The average molecular weight is 429 g/mol. The molecular weight excluding hydrogens is 410 g/mol. The van der Waals surface area contributed by atoms with E-state index in [0.29, 0.717) is 23.1 Å². The van der Waals surface area contributed by atoms with Crippen LogP contribution in [0.25, 0.3) is 27.5 Å². The third-order valence-corrected chi connectivity index (χ3v) is 5.73. The number of fused-ring (bicyclic) bond motifs is 2. The van der Waals surface area contributed by atoms with Crippen molar-refractivity contribution in [2.45, 2.75) is 6.42 Å². The first kappa shape index (κ1) is 20.2. The number of nitrogens with zero attached hydrogens (tertiary/aromatic N) is 1. The SMILES string of the molecule is N#CCc1ccc(NC=C2C(=O)NC(=O)c3ccc(-c4ccc5ccccc5c4)cc32)cc1. The molecule has 0 fully saturated rings. The quantitative estimate of drug-likeness (QED) is 0.341. The molecule has 1 aliphatic heterocycles. The van der Waals surface area contributed by atoms with Crippen molar-refractivity contribution < 1.29 is 9.59 Å². The van der Waals surface area contributed by atoms with E-state index in [4.69, 9.17) is 5.26 Å². The van der Waals surface area contributed by atoms with Crippen LogP contribution in [0.15, 0.2) is 91.1 Å². The van der Waals surface area contributed by atoms with Gasteiger partial charge in [0.05, 0.1) is 18.1 Å². The number of amides is 2. The van der Waals surface area contributed by atoms with Gasteiger partial charge in [-0.15, -0.1) is 0 Å². The Morgan fingerprint density at radius 2 is 1.52 bits per heavy atom. The number of anilines is 1. The monoisotopic (exact) mass is 429 g/mol. The molecule has 0 saturated heterocycles. The number of nitrogens with one attached hydrogen (secondary N) is 2. The number of benzene rings is 4. The van der Waals surface area contributed by atoms with Crippen molar-refractivity contribution in [2.24, 2.45) is 0 Å². The summed E-state index contributed by atoms with van der Waals surface area (Å²) in [6.45, 7) is 0. The van der Waals surface area contributed by atoms with Gasteiger partial charge in [0.25, 0.3) is 11.8 Å². The molecule has 0 bridgehead atoms. The van der Waals surface area contributed by atoms with Crippen molar-refractivity contribution in [1.29, 1.82) is 5.26 Å². The van der Waals surface area contributed by atoms with Crippen LogP contribution < -0.4 is 10.6 Å². The van der Waals surface area contributed by atoms with E-state index in [1.165, 1.54) is 0 Å². The lowest BCUT2D eigenvalue weighted by Gasteiger charge is -2.19. The second-order valence-corrected chi connectivity index (χ2v) is 7.84. The van der Waals surface area contributed by atoms with E-state index in [-0.39, 0.29) is 0 Å². The molecule has 5 heteroatoms. The predicted octanol–water partition coefficient (Wildman–Crippen LogP) is 5.30. The van der Waals surface area contributed by atoms with Crippen LogP contribution in [0.4, 0.5) is 5.69 Å². The highest BCUT2D eigenvalue weighted by Gasteiger charge is 2.27. The Kier molecular flexibility index (Phi) is 5.18.